The van der Waals surface area contributed by atoms with Crippen LogP contribution >= 0.6 is 35.5 Å². The maximum absolute atomic E-state index is 5.45. The third-order valence-corrected chi connectivity index (χ3v) is 5.02. The molecule has 0 aromatic carbocycles. The van der Waals surface area contributed by atoms with Crippen LogP contribution in [0.5, 0.6) is 0 Å². The first-order valence-corrected chi connectivity index (χ1v) is 8.21. The number of thioether (sulfide) groups is 1. The molecule has 1 rings (SSSR count). The predicted molar refractivity (Wildman–Crippen MR) is 84.8 cm³/mol. The van der Waals surface area contributed by atoms with E-state index in [9.17, 15) is 0 Å². The summed E-state index contributed by atoms with van der Waals surface area (Å²) in [5.41, 5.74) is 0. The molecule has 0 fully saturated rings. The van der Waals surface area contributed by atoms with Gasteiger partial charge in [-0.1, -0.05) is 16.7 Å². The van der Waals surface area contributed by atoms with Crippen molar-refractivity contribution in [3.8, 4) is 0 Å². The van der Waals surface area contributed by atoms with E-state index in [0.29, 0.717) is 0 Å². The zero-order valence-electron chi connectivity index (χ0n) is 11.3. The van der Waals surface area contributed by atoms with Gasteiger partial charge in [-0.2, -0.15) is 0 Å². The lowest BCUT2D eigenvalue weighted by Crippen LogP contribution is -2.27. The minimum atomic E-state index is 0.876. The van der Waals surface area contributed by atoms with Gasteiger partial charge < -0.3 is 9.80 Å². The maximum Gasteiger partial charge on any atom is 0.162 e. The Labute approximate surface area is 123 Å². The molecule has 0 radical (unpaired) electrons. The molecular formula is C11H20N4S3. The zero-order valence-corrected chi connectivity index (χ0v) is 13.8. The molecule has 102 valence electrons. The lowest BCUT2D eigenvalue weighted by atomic mass is 10.5. The molecule has 0 unspecified atom stereocenters. The molecule has 4 nitrogen and oxygen atoms in total. The van der Waals surface area contributed by atoms with Crippen LogP contribution in [-0.4, -0.2) is 45.0 Å². The largest absolute Gasteiger partial charge is 0.360 e. The molecule has 0 aliphatic carbocycles. The van der Waals surface area contributed by atoms with E-state index in [1.54, 1.807) is 11.8 Å². The Kier molecular flexibility index (Phi) is 6.88. The molecule has 0 N–H and O–H groups in total. The van der Waals surface area contributed by atoms with E-state index in [0.717, 1.165) is 40.5 Å². The maximum atomic E-state index is 5.45. The van der Waals surface area contributed by atoms with Gasteiger partial charge in [0.15, 0.2) is 5.03 Å². The lowest BCUT2D eigenvalue weighted by molar-refractivity contribution is 0.482. The Morgan fingerprint density at radius 1 is 1.17 bits per heavy atom. The van der Waals surface area contributed by atoms with Crippen LogP contribution in [0.3, 0.4) is 0 Å². The van der Waals surface area contributed by atoms with Crippen LogP contribution < -0.4 is 4.90 Å². The van der Waals surface area contributed by atoms with Crippen LogP contribution in [0.4, 0.5) is 5.00 Å². The summed E-state index contributed by atoms with van der Waals surface area (Å²) in [4.78, 5) is 4.42. The molecule has 0 aliphatic rings. The molecule has 0 amide bonds. The number of hydrogen-bond donors (Lipinski definition) is 0. The second-order valence-corrected chi connectivity index (χ2v) is 5.95. The molecule has 7 heteroatoms. The predicted octanol–water partition coefficient (Wildman–Crippen LogP) is 3.10. The van der Waals surface area contributed by atoms with Gasteiger partial charge in [0.25, 0.3) is 0 Å². The van der Waals surface area contributed by atoms with Gasteiger partial charge in [-0.15, -0.1) is 5.10 Å². The fourth-order valence-electron chi connectivity index (χ4n) is 1.57. The zero-order chi connectivity index (χ0) is 13.5. The molecule has 0 bridgehead atoms. The molecular weight excluding hydrogens is 284 g/mol. The van der Waals surface area contributed by atoms with Gasteiger partial charge in [0.05, 0.1) is 0 Å². The van der Waals surface area contributed by atoms with Crippen molar-refractivity contribution in [1.82, 2.24) is 14.5 Å². The van der Waals surface area contributed by atoms with Crippen LogP contribution in [0.25, 0.3) is 0 Å². The first-order valence-electron chi connectivity index (χ1n) is 6.21. The van der Waals surface area contributed by atoms with Crippen LogP contribution in [0, 0.1) is 0 Å². The van der Waals surface area contributed by atoms with Gasteiger partial charge in [-0.3, -0.25) is 0 Å². The summed E-state index contributed by atoms with van der Waals surface area (Å²) in [5, 5.41) is 6.26. The number of rotatable bonds is 6. The highest BCUT2D eigenvalue weighted by Gasteiger charge is 2.17. The fraction of sp³-hybridized carbons (Fsp3) is 0.727. The average Bonchev–Trinajstić information content (AvgIpc) is 2.81. The summed E-state index contributed by atoms with van der Waals surface area (Å²) >= 11 is 8.43. The Hall–Kier alpha value is -0.400. The highest BCUT2D eigenvalue weighted by Crippen LogP contribution is 2.32. The Morgan fingerprint density at radius 3 is 2.28 bits per heavy atom. The smallest absolute Gasteiger partial charge is 0.162 e. The van der Waals surface area contributed by atoms with Gasteiger partial charge in [0.2, 0.25) is 0 Å². The summed E-state index contributed by atoms with van der Waals surface area (Å²) in [5.74, 6) is 0. The van der Waals surface area contributed by atoms with Crippen LogP contribution in [0.1, 0.15) is 27.7 Å². The molecule has 0 saturated heterocycles. The topological polar surface area (TPSA) is 32.3 Å². The highest BCUT2D eigenvalue weighted by atomic mass is 32.2. The fourth-order valence-corrected chi connectivity index (χ4v) is 3.90. The summed E-state index contributed by atoms with van der Waals surface area (Å²) < 4.78 is 4.93. The molecule has 0 aliphatic heterocycles. The van der Waals surface area contributed by atoms with E-state index < -0.39 is 0 Å². The number of hydrogen-bond acceptors (Lipinski definition) is 6. The Balaban J connectivity index is 2.79. The van der Waals surface area contributed by atoms with Crippen molar-refractivity contribution in [3.63, 3.8) is 0 Å². The Bertz CT molecular complexity index is 372. The van der Waals surface area contributed by atoms with Crippen molar-refractivity contribution in [3.05, 3.63) is 0 Å². The van der Waals surface area contributed by atoms with Gasteiger partial charge in [0, 0.05) is 37.7 Å². The van der Waals surface area contributed by atoms with E-state index in [2.05, 4.69) is 47.1 Å². The minimum Gasteiger partial charge on any atom is -0.360 e. The van der Waals surface area contributed by atoms with Crippen molar-refractivity contribution in [2.24, 2.45) is 0 Å². The molecule has 1 aromatic heterocycles. The molecule has 1 aromatic rings. The average molecular weight is 305 g/mol. The normalized spacial score (nSPS) is 10.4. The van der Waals surface area contributed by atoms with Crippen molar-refractivity contribution in [2.45, 2.75) is 32.7 Å². The van der Waals surface area contributed by atoms with Crippen molar-refractivity contribution >= 4 is 44.8 Å². The number of nitrogens with zero attached hydrogens (tertiary/aromatic N) is 4. The molecule has 0 spiro atoms. The van der Waals surface area contributed by atoms with Crippen molar-refractivity contribution in [2.75, 3.05) is 31.1 Å². The van der Waals surface area contributed by atoms with Crippen LogP contribution in [-0.2, 0) is 0 Å². The summed E-state index contributed by atoms with van der Waals surface area (Å²) in [6.45, 7) is 12.3. The third-order valence-electron chi connectivity index (χ3n) is 2.70. The quantitative estimate of drug-likeness (QED) is 0.593. The monoisotopic (exact) mass is 304 g/mol. The summed E-state index contributed by atoms with van der Waals surface area (Å²) in [6, 6.07) is 0. The lowest BCUT2D eigenvalue weighted by Gasteiger charge is -2.22. The van der Waals surface area contributed by atoms with Gasteiger partial charge >= 0.3 is 0 Å². The molecule has 0 atom stereocenters. The number of anilines is 1. The van der Waals surface area contributed by atoms with Crippen molar-refractivity contribution < 1.29 is 0 Å². The van der Waals surface area contributed by atoms with Gasteiger partial charge in [0.1, 0.15) is 9.32 Å². The van der Waals surface area contributed by atoms with Crippen molar-refractivity contribution in [1.29, 1.82) is 0 Å². The third kappa shape index (κ3) is 3.80. The molecule has 0 saturated carbocycles. The van der Waals surface area contributed by atoms with E-state index >= 15 is 0 Å². The standard InChI is InChI=1S/C11H20N4S3/c1-5-14(6-2)10-9(12-13-18-10)17-11(16)15(7-3)8-4/h5-8H2,1-4H3. The first kappa shape index (κ1) is 15.7. The van der Waals surface area contributed by atoms with Crippen LogP contribution in [0.15, 0.2) is 5.03 Å². The van der Waals surface area contributed by atoms with Gasteiger partial charge in [-0.25, -0.2) is 0 Å². The SMILES string of the molecule is CCN(CC)C(=S)Sc1nnsc1N(CC)CC. The molecule has 18 heavy (non-hydrogen) atoms. The second-order valence-electron chi connectivity index (χ2n) is 3.60. The Morgan fingerprint density at radius 2 is 1.78 bits per heavy atom. The second kappa shape index (κ2) is 7.91. The minimum absolute atomic E-state index is 0.876. The number of aromatic nitrogens is 2. The van der Waals surface area contributed by atoms with E-state index in [1.165, 1.54) is 11.5 Å². The van der Waals surface area contributed by atoms with E-state index in [-0.39, 0.29) is 0 Å². The number of thiocarbonyl (C=S) groups is 1. The van der Waals surface area contributed by atoms with E-state index in [1.807, 2.05) is 0 Å². The first-order chi connectivity index (χ1) is 8.67. The van der Waals surface area contributed by atoms with E-state index in [4.69, 9.17) is 12.2 Å². The van der Waals surface area contributed by atoms with Gasteiger partial charge in [-0.05, 0) is 39.5 Å². The summed E-state index contributed by atoms with van der Waals surface area (Å²) in [6.07, 6.45) is 0. The van der Waals surface area contributed by atoms with Crippen LogP contribution in [0.2, 0.25) is 0 Å². The summed E-state index contributed by atoms with van der Waals surface area (Å²) in [7, 11) is 0. The molecule has 1 heterocycles. The highest BCUT2D eigenvalue weighted by molar-refractivity contribution is 8.23.